The second-order valence-electron chi connectivity index (χ2n) is 7.37. The van der Waals surface area contributed by atoms with Gasteiger partial charge in [0.15, 0.2) is 5.82 Å². The van der Waals surface area contributed by atoms with Crippen LogP contribution in [0, 0.1) is 5.92 Å². The van der Waals surface area contributed by atoms with Gasteiger partial charge in [-0.15, -0.1) is 0 Å². The Morgan fingerprint density at radius 2 is 2.23 bits per heavy atom. The van der Waals surface area contributed by atoms with Gasteiger partial charge < -0.3 is 14.2 Å². The van der Waals surface area contributed by atoms with Gasteiger partial charge in [-0.2, -0.15) is 4.98 Å². The average molecular weight is 355 g/mol. The van der Waals surface area contributed by atoms with E-state index in [9.17, 15) is 4.79 Å². The highest BCUT2D eigenvalue weighted by Gasteiger charge is 2.31. The maximum atomic E-state index is 12.5. The fourth-order valence-electron chi connectivity index (χ4n) is 3.57. The Balaban J connectivity index is 1.25. The number of nitrogens with zero attached hydrogens (tertiary/aromatic N) is 3. The van der Waals surface area contributed by atoms with Gasteiger partial charge in [-0.25, -0.2) is 0 Å². The molecule has 26 heavy (non-hydrogen) atoms. The van der Waals surface area contributed by atoms with Crippen LogP contribution in [0.4, 0.5) is 0 Å². The number of methoxy groups -OCH3 is 1. The molecule has 2 fully saturated rings. The monoisotopic (exact) mass is 355 g/mol. The molecule has 1 saturated heterocycles. The second kappa shape index (κ2) is 7.48. The van der Waals surface area contributed by atoms with Crippen molar-refractivity contribution in [3.05, 3.63) is 41.5 Å². The lowest BCUT2D eigenvalue weighted by atomic mass is 10.0. The van der Waals surface area contributed by atoms with Gasteiger partial charge in [-0.1, -0.05) is 17.3 Å². The lowest BCUT2D eigenvalue weighted by Crippen LogP contribution is -2.29. The van der Waals surface area contributed by atoms with E-state index in [0.717, 1.165) is 55.4 Å². The minimum atomic E-state index is 0.224. The van der Waals surface area contributed by atoms with Crippen LogP contribution in [-0.2, 0) is 17.6 Å². The summed E-state index contributed by atoms with van der Waals surface area (Å²) in [5.74, 6) is 3.57. The van der Waals surface area contributed by atoms with Gasteiger partial charge in [0.25, 0.3) is 0 Å². The predicted octanol–water partition coefficient (Wildman–Crippen LogP) is 2.98. The lowest BCUT2D eigenvalue weighted by Gasteiger charge is -2.16. The zero-order chi connectivity index (χ0) is 17.9. The van der Waals surface area contributed by atoms with Crippen LogP contribution in [0.25, 0.3) is 0 Å². The van der Waals surface area contributed by atoms with Crippen LogP contribution < -0.4 is 4.74 Å². The van der Waals surface area contributed by atoms with Crippen molar-refractivity contribution >= 4 is 5.91 Å². The number of aryl methyl sites for hydroxylation is 1. The van der Waals surface area contributed by atoms with Gasteiger partial charge in [0.2, 0.25) is 11.8 Å². The maximum Gasteiger partial charge on any atom is 0.229 e. The molecule has 1 amide bonds. The largest absolute Gasteiger partial charge is 0.497 e. The van der Waals surface area contributed by atoms with E-state index in [-0.39, 0.29) is 5.91 Å². The van der Waals surface area contributed by atoms with Crippen molar-refractivity contribution < 1.29 is 14.1 Å². The summed E-state index contributed by atoms with van der Waals surface area (Å²) in [4.78, 5) is 19.0. The molecule has 6 heteroatoms. The number of carbonyl (C=O) groups excluding carboxylic acids is 1. The van der Waals surface area contributed by atoms with Crippen molar-refractivity contribution in [1.82, 2.24) is 15.0 Å². The van der Waals surface area contributed by atoms with Gasteiger partial charge >= 0.3 is 0 Å². The zero-order valence-corrected chi connectivity index (χ0v) is 15.2. The number of carbonyl (C=O) groups is 1. The van der Waals surface area contributed by atoms with Crippen molar-refractivity contribution in [3.63, 3.8) is 0 Å². The number of amides is 1. The van der Waals surface area contributed by atoms with Gasteiger partial charge in [0.05, 0.1) is 7.11 Å². The van der Waals surface area contributed by atoms with Crippen molar-refractivity contribution in [2.24, 2.45) is 5.92 Å². The molecular formula is C20H25N3O3. The molecule has 0 radical (unpaired) electrons. The van der Waals surface area contributed by atoms with Crippen molar-refractivity contribution in [2.75, 3.05) is 20.2 Å². The minimum Gasteiger partial charge on any atom is -0.497 e. The molecule has 0 bridgehead atoms. The molecule has 2 aromatic rings. The van der Waals surface area contributed by atoms with E-state index in [0.29, 0.717) is 18.3 Å². The highest BCUT2D eigenvalue weighted by atomic mass is 16.5. The van der Waals surface area contributed by atoms with Crippen LogP contribution in [0.2, 0.25) is 0 Å². The molecule has 0 N–H and O–H groups in total. The molecular weight excluding hydrogens is 330 g/mol. The summed E-state index contributed by atoms with van der Waals surface area (Å²) in [5.41, 5.74) is 1.13. The van der Waals surface area contributed by atoms with Crippen LogP contribution in [0.5, 0.6) is 5.75 Å². The summed E-state index contributed by atoms with van der Waals surface area (Å²) < 4.78 is 10.6. The Morgan fingerprint density at radius 3 is 3.04 bits per heavy atom. The molecule has 1 aromatic heterocycles. The topological polar surface area (TPSA) is 68.5 Å². The molecule has 1 aliphatic carbocycles. The lowest BCUT2D eigenvalue weighted by molar-refractivity contribution is -0.130. The standard InChI is InChI=1S/C20H25N3O3/c1-25-17-4-2-3-14(11-17)5-8-19(24)23-10-9-15(13-23)12-18-21-20(26-22-18)16-6-7-16/h2-4,11,15-16H,5-10,12-13H2,1H3. The molecule has 4 rings (SSSR count). The SMILES string of the molecule is COc1cccc(CCC(=O)N2CCC(Cc3noc(C4CC4)n3)C2)c1. The van der Waals surface area contributed by atoms with Crippen LogP contribution in [-0.4, -0.2) is 41.1 Å². The van der Waals surface area contributed by atoms with Gasteiger partial charge in [0.1, 0.15) is 5.75 Å². The Labute approximate surface area is 153 Å². The predicted molar refractivity (Wildman–Crippen MR) is 96.0 cm³/mol. The summed E-state index contributed by atoms with van der Waals surface area (Å²) >= 11 is 0. The number of benzene rings is 1. The third-order valence-corrected chi connectivity index (χ3v) is 5.28. The number of hydrogen-bond donors (Lipinski definition) is 0. The van der Waals surface area contributed by atoms with E-state index in [1.54, 1.807) is 7.11 Å². The van der Waals surface area contributed by atoms with Crippen molar-refractivity contribution in [1.29, 1.82) is 0 Å². The summed E-state index contributed by atoms with van der Waals surface area (Å²) in [6.45, 7) is 1.62. The summed E-state index contributed by atoms with van der Waals surface area (Å²) in [6.07, 6.45) is 5.43. The van der Waals surface area contributed by atoms with E-state index in [2.05, 4.69) is 10.1 Å². The molecule has 1 aliphatic heterocycles. The Bertz CT molecular complexity index is 769. The molecule has 2 heterocycles. The average Bonchev–Trinajstić information content (AvgIpc) is 3.23. The smallest absolute Gasteiger partial charge is 0.229 e. The first-order valence-corrected chi connectivity index (χ1v) is 9.44. The fourth-order valence-corrected chi connectivity index (χ4v) is 3.57. The Kier molecular flexibility index (Phi) is 4.91. The van der Waals surface area contributed by atoms with Crippen LogP contribution >= 0.6 is 0 Å². The van der Waals surface area contributed by atoms with Crippen LogP contribution in [0.1, 0.15) is 48.9 Å². The van der Waals surface area contributed by atoms with Crippen LogP contribution in [0.15, 0.2) is 28.8 Å². The minimum absolute atomic E-state index is 0.224. The molecule has 2 aliphatic rings. The zero-order valence-electron chi connectivity index (χ0n) is 15.2. The molecule has 0 spiro atoms. The van der Waals surface area contributed by atoms with Gasteiger partial charge in [-0.05, 0) is 49.3 Å². The number of likely N-dealkylation sites (tertiary alicyclic amines) is 1. The summed E-state index contributed by atoms with van der Waals surface area (Å²) in [5, 5.41) is 4.10. The van der Waals surface area contributed by atoms with E-state index in [1.807, 2.05) is 29.2 Å². The highest BCUT2D eigenvalue weighted by molar-refractivity contribution is 5.76. The molecule has 6 nitrogen and oxygen atoms in total. The van der Waals surface area contributed by atoms with Gasteiger partial charge in [0, 0.05) is 31.8 Å². The second-order valence-corrected chi connectivity index (χ2v) is 7.37. The van der Waals surface area contributed by atoms with E-state index >= 15 is 0 Å². The normalized spacial score (nSPS) is 19.7. The summed E-state index contributed by atoms with van der Waals surface area (Å²) in [7, 11) is 1.66. The Hall–Kier alpha value is -2.37. The number of ether oxygens (including phenoxy) is 1. The van der Waals surface area contributed by atoms with Crippen molar-refractivity contribution in [2.45, 2.75) is 44.4 Å². The quantitative estimate of drug-likeness (QED) is 0.764. The highest BCUT2D eigenvalue weighted by Crippen LogP contribution is 2.39. The first-order valence-electron chi connectivity index (χ1n) is 9.44. The van der Waals surface area contributed by atoms with Crippen LogP contribution in [0.3, 0.4) is 0 Å². The molecule has 1 aromatic carbocycles. The first kappa shape index (κ1) is 17.1. The van der Waals surface area contributed by atoms with Crippen molar-refractivity contribution in [3.8, 4) is 5.75 Å². The van der Waals surface area contributed by atoms with Gasteiger partial charge in [-0.3, -0.25) is 4.79 Å². The molecule has 138 valence electrons. The molecule has 1 atom stereocenters. The molecule has 1 unspecified atom stereocenters. The molecule has 1 saturated carbocycles. The third kappa shape index (κ3) is 4.06. The number of rotatable bonds is 7. The summed E-state index contributed by atoms with van der Waals surface area (Å²) in [6, 6.07) is 7.92. The van der Waals surface area contributed by atoms with E-state index in [4.69, 9.17) is 9.26 Å². The number of aromatic nitrogens is 2. The Morgan fingerprint density at radius 1 is 1.35 bits per heavy atom. The third-order valence-electron chi connectivity index (χ3n) is 5.28. The van der Waals surface area contributed by atoms with E-state index < -0.39 is 0 Å². The first-order chi connectivity index (χ1) is 12.7. The number of hydrogen-bond acceptors (Lipinski definition) is 5. The maximum absolute atomic E-state index is 12.5. The fraction of sp³-hybridized carbons (Fsp3) is 0.550. The van der Waals surface area contributed by atoms with E-state index in [1.165, 1.54) is 12.8 Å².